The normalized spacial score (nSPS) is 15.1. The summed E-state index contributed by atoms with van der Waals surface area (Å²) in [5, 5.41) is 8.52. The second-order valence-electron chi connectivity index (χ2n) is 5.16. The second-order valence-corrected chi connectivity index (χ2v) is 5.54. The molecule has 2 aromatic rings. The molecule has 1 N–H and O–H groups in total. The lowest BCUT2D eigenvalue weighted by Crippen LogP contribution is -2.15. The van der Waals surface area contributed by atoms with E-state index in [0.29, 0.717) is 12.6 Å². The van der Waals surface area contributed by atoms with E-state index in [0.717, 1.165) is 28.6 Å². The van der Waals surface area contributed by atoms with Crippen LogP contribution < -0.4 is 5.32 Å². The molecule has 2 heterocycles. The quantitative estimate of drug-likeness (QED) is 0.909. The third kappa shape index (κ3) is 2.82. The van der Waals surface area contributed by atoms with E-state index < -0.39 is 0 Å². The molecule has 102 valence electrons. The van der Waals surface area contributed by atoms with Crippen LogP contribution in [0.1, 0.15) is 29.9 Å². The smallest absolute Gasteiger partial charge is 0.0953 e. The van der Waals surface area contributed by atoms with E-state index in [1.807, 2.05) is 29.5 Å². The minimum Gasteiger partial charge on any atom is -0.331 e. The Kier molecular flexibility index (Phi) is 3.33. The first kappa shape index (κ1) is 12.7. The molecule has 1 fully saturated rings. The summed E-state index contributed by atoms with van der Waals surface area (Å²) in [6.45, 7) is 3.47. The summed E-state index contributed by atoms with van der Waals surface area (Å²) in [6, 6.07) is 0.708. The maximum atomic E-state index is 6.25. The largest absolute Gasteiger partial charge is 0.331 e. The van der Waals surface area contributed by atoms with Gasteiger partial charge >= 0.3 is 0 Å². The third-order valence-corrected chi connectivity index (χ3v) is 3.92. The number of nitrogens with zero attached hydrogens (tertiary/aromatic N) is 4. The molecular weight excluding hydrogens is 262 g/mol. The van der Waals surface area contributed by atoms with Gasteiger partial charge in [-0.1, -0.05) is 11.6 Å². The molecule has 1 aliphatic carbocycles. The molecule has 0 bridgehead atoms. The first-order valence-electron chi connectivity index (χ1n) is 6.55. The molecular formula is C13H18ClN5. The Morgan fingerprint density at radius 2 is 2.26 bits per heavy atom. The van der Waals surface area contributed by atoms with E-state index in [2.05, 4.69) is 21.6 Å². The lowest BCUT2D eigenvalue weighted by atomic mass is 10.3. The van der Waals surface area contributed by atoms with E-state index in [9.17, 15) is 0 Å². The first-order chi connectivity index (χ1) is 9.13. The number of nitrogens with one attached hydrogen (secondary N) is 1. The van der Waals surface area contributed by atoms with E-state index in [1.54, 1.807) is 0 Å². The minimum absolute atomic E-state index is 0.701. The van der Waals surface area contributed by atoms with E-state index in [-0.39, 0.29) is 0 Å². The highest BCUT2D eigenvalue weighted by Gasteiger charge is 2.20. The van der Waals surface area contributed by atoms with Gasteiger partial charge in [0.1, 0.15) is 0 Å². The van der Waals surface area contributed by atoms with E-state index in [1.165, 1.54) is 12.8 Å². The SMILES string of the molecule is Cc1nn(C)c(Cn2cnc(CNC3CC3)c2)c1Cl. The van der Waals surface area contributed by atoms with Gasteiger partial charge in [-0.05, 0) is 19.8 Å². The Morgan fingerprint density at radius 3 is 2.89 bits per heavy atom. The monoisotopic (exact) mass is 279 g/mol. The number of aromatic nitrogens is 4. The van der Waals surface area contributed by atoms with Gasteiger partial charge in [-0.2, -0.15) is 5.10 Å². The molecule has 0 unspecified atom stereocenters. The van der Waals surface area contributed by atoms with Crippen molar-refractivity contribution in [2.45, 2.75) is 38.9 Å². The molecule has 0 spiro atoms. The van der Waals surface area contributed by atoms with Crippen LogP contribution in [0.2, 0.25) is 5.02 Å². The predicted octanol–water partition coefficient (Wildman–Crippen LogP) is 1.88. The lowest BCUT2D eigenvalue weighted by Gasteiger charge is -2.03. The van der Waals surface area contributed by atoms with Crippen molar-refractivity contribution in [3.05, 3.63) is 34.6 Å². The van der Waals surface area contributed by atoms with Gasteiger partial charge in [0.05, 0.1) is 35.0 Å². The Bertz CT molecular complexity index is 582. The molecule has 0 aliphatic heterocycles. The molecule has 0 atom stereocenters. The number of hydrogen-bond donors (Lipinski definition) is 1. The Labute approximate surface area is 117 Å². The summed E-state index contributed by atoms with van der Waals surface area (Å²) in [6.07, 6.45) is 6.51. The molecule has 2 aromatic heterocycles. The fourth-order valence-corrected chi connectivity index (χ4v) is 2.37. The van der Waals surface area contributed by atoms with E-state index >= 15 is 0 Å². The maximum absolute atomic E-state index is 6.25. The summed E-state index contributed by atoms with van der Waals surface area (Å²) in [7, 11) is 1.92. The van der Waals surface area contributed by atoms with Gasteiger partial charge in [0.25, 0.3) is 0 Å². The Hall–Kier alpha value is -1.33. The molecule has 0 amide bonds. The van der Waals surface area contributed by atoms with Gasteiger partial charge in [0.15, 0.2) is 0 Å². The van der Waals surface area contributed by atoms with Gasteiger partial charge in [-0.3, -0.25) is 4.68 Å². The van der Waals surface area contributed by atoms with Crippen LogP contribution in [0.5, 0.6) is 0 Å². The number of aryl methyl sites for hydroxylation is 2. The Morgan fingerprint density at radius 1 is 1.47 bits per heavy atom. The van der Waals surface area contributed by atoms with Crippen LogP contribution in [0.25, 0.3) is 0 Å². The summed E-state index contributed by atoms with van der Waals surface area (Å²) in [4.78, 5) is 4.41. The zero-order chi connectivity index (χ0) is 13.4. The molecule has 3 rings (SSSR count). The lowest BCUT2D eigenvalue weighted by molar-refractivity contribution is 0.659. The zero-order valence-corrected chi connectivity index (χ0v) is 12.0. The highest BCUT2D eigenvalue weighted by molar-refractivity contribution is 6.31. The number of hydrogen-bond acceptors (Lipinski definition) is 3. The van der Waals surface area contributed by atoms with Crippen molar-refractivity contribution in [3.63, 3.8) is 0 Å². The zero-order valence-electron chi connectivity index (χ0n) is 11.2. The molecule has 1 aliphatic rings. The van der Waals surface area contributed by atoms with Crippen molar-refractivity contribution in [2.75, 3.05) is 0 Å². The molecule has 0 saturated heterocycles. The minimum atomic E-state index is 0.701. The summed E-state index contributed by atoms with van der Waals surface area (Å²) in [5.41, 5.74) is 2.95. The van der Waals surface area contributed by atoms with Crippen LogP contribution >= 0.6 is 11.6 Å². The maximum Gasteiger partial charge on any atom is 0.0953 e. The van der Waals surface area contributed by atoms with Gasteiger partial charge in [0.2, 0.25) is 0 Å². The number of rotatable bonds is 5. The highest BCUT2D eigenvalue weighted by atomic mass is 35.5. The van der Waals surface area contributed by atoms with Crippen molar-refractivity contribution >= 4 is 11.6 Å². The molecule has 6 heteroatoms. The van der Waals surface area contributed by atoms with Crippen molar-refractivity contribution in [1.29, 1.82) is 0 Å². The van der Waals surface area contributed by atoms with Crippen LogP contribution in [0.4, 0.5) is 0 Å². The predicted molar refractivity (Wildman–Crippen MR) is 74.1 cm³/mol. The first-order valence-corrected chi connectivity index (χ1v) is 6.93. The fourth-order valence-electron chi connectivity index (χ4n) is 2.15. The van der Waals surface area contributed by atoms with Gasteiger partial charge in [-0.15, -0.1) is 0 Å². The van der Waals surface area contributed by atoms with Gasteiger partial charge < -0.3 is 9.88 Å². The van der Waals surface area contributed by atoms with Crippen molar-refractivity contribution < 1.29 is 0 Å². The average molecular weight is 280 g/mol. The third-order valence-electron chi connectivity index (χ3n) is 3.43. The van der Waals surface area contributed by atoms with Crippen molar-refractivity contribution in [1.82, 2.24) is 24.6 Å². The average Bonchev–Trinajstić information content (AvgIpc) is 3.06. The number of imidazole rings is 1. The summed E-state index contributed by atoms with van der Waals surface area (Å²) >= 11 is 6.25. The second kappa shape index (κ2) is 4.98. The standard InChI is InChI=1S/C13H18ClN5/c1-9-13(14)12(18(2)17-9)7-19-6-11(16-8-19)5-15-10-3-4-10/h6,8,10,15H,3-5,7H2,1-2H3. The van der Waals surface area contributed by atoms with Crippen molar-refractivity contribution in [2.24, 2.45) is 7.05 Å². The van der Waals surface area contributed by atoms with Crippen LogP contribution in [0, 0.1) is 6.92 Å². The van der Waals surface area contributed by atoms with E-state index in [4.69, 9.17) is 11.6 Å². The van der Waals surface area contributed by atoms with Crippen molar-refractivity contribution in [3.8, 4) is 0 Å². The molecule has 5 nitrogen and oxygen atoms in total. The van der Waals surface area contributed by atoms with Gasteiger partial charge in [0, 0.05) is 25.8 Å². The number of halogens is 1. The van der Waals surface area contributed by atoms with Crippen LogP contribution in [-0.4, -0.2) is 25.4 Å². The van der Waals surface area contributed by atoms with Crippen LogP contribution in [0.3, 0.4) is 0 Å². The Balaban J connectivity index is 1.68. The molecule has 0 aromatic carbocycles. The molecule has 19 heavy (non-hydrogen) atoms. The summed E-state index contributed by atoms with van der Waals surface area (Å²) in [5.74, 6) is 0. The van der Waals surface area contributed by atoms with Crippen LogP contribution in [-0.2, 0) is 20.1 Å². The fraction of sp³-hybridized carbons (Fsp3) is 0.538. The highest BCUT2D eigenvalue weighted by Crippen LogP contribution is 2.21. The van der Waals surface area contributed by atoms with Crippen LogP contribution in [0.15, 0.2) is 12.5 Å². The van der Waals surface area contributed by atoms with Gasteiger partial charge in [-0.25, -0.2) is 4.98 Å². The molecule has 0 radical (unpaired) electrons. The summed E-state index contributed by atoms with van der Waals surface area (Å²) < 4.78 is 3.88. The topological polar surface area (TPSA) is 47.7 Å². The molecule has 1 saturated carbocycles.